The van der Waals surface area contributed by atoms with Crippen molar-refractivity contribution in [2.75, 3.05) is 0 Å². The Morgan fingerprint density at radius 2 is 1.56 bits per heavy atom. The van der Waals surface area contributed by atoms with E-state index in [0.717, 1.165) is 23.8 Å². The number of allylic oxidation sites excluding steroid dienone is 1. The summed E-state index contributed by atoms with van der Waals surface area (Å²) in [6, 6.07) is 17.1. The number of ketones is 1. The van der Waals surface area contributed by atoms with E-state index in [1.54, 1.807) is 0 Å². The zero-order valence-electron chi connectivity index (χ0n) is 16.6. The van der Waals surface area contributed by atoms with Crippen LogP contribution in [0.5, 0.6) is 0 Å². The predicted molar refractivity (Wildman–Crippen MR) is 115 cm³/mol. The van der Waals surface area contributed by atoms with Crippen LogP contribution in [0.25, 0.3) is 11.1 Å². The van der Waals surface area contributed by atoms with Crippen molar-refractivity contribution in [1.82, 2.24) is 0 Å². The molecule has 2 aromatic carbocycles. The van der Waals surface area contributed by atoms with Gasteiger partial charge in [-0.05, 0) is 67.1 Å². The van der Waals surface area contributed by atoms with Gasteiger partial charge in [-0.2, -0.15) is 0 Å². The highest BCUT2D eigenvalue weighted by Crippen LogP contribution is 2.38. The maximum atomic E-state index is 11.8. The maximum Gasteiger partial charge on any atom is 0.162 e. The van der Waals surface area contributed by atoms with Crippen molar-refractivity contribution in [3.63, 3.8) is 0 Å². The highest BCUT2D eigenvalue weighted by Gasteiger charge is 2.21. The number of Topliss-reactive ketones (excluding diaryl/α,β-unsaturated/α-hetero) is 1. The first kappa shape index (κ1) is 19.6. The van der Waals surface area contributed by atoms with Gasteiger partial charge in [0.1, 0.15) is 0 Å². The molecule has 0 spiro atoms. The van der Waals surface area contributed by atoms with E-state index in [-0.39, 0.29) is 5.78 Å². The van der Waals surface area contributed by atoms with Gasteiger partial charge in [0.05, 0.1) is 0 Å². The van der Waals surface area contributed by atoms with Gasteiger partial charge in [0.25, 0.3) is 0 Å². The van der Waals surface area contributed by atoms with Crippen LogP contribution in [0.3, 0.4) is 0 Å². The largest absolute Gasteiger partial charge is 0.294 e. The van der Waals surface area contributed by atoms with Crippen molar-refractivity contribution in [1.29, 1.82) is 0 Å². The van der Waals surface area contributed by atoms with Gasteiger partial charge in [-0.1, -0.05) is 68.0 Å². The van der Waals surface area contributed by atoms with Gasteiger partial charge < -0.3 is 0 Å². The lowest BCUT2D eigenvalue weighted by atomic mass is 9.77. The lowest BCUT2D eigenvalue weighted by molar-refractivity contribution is 0.0988. The van der Waals surface area contributed by atoms with Crippen LogP contribution in [0.4, 0.5) is 0 Å². The number of hydrogen-bond acceptors (Lipinski definition) is 1. The topological polar surface area (TPSA) is 17.1 Å². The maximum absolute atomic E-state index is 11.8. The molecular weight excluding hydrogens is 328 g/mol. The van der Waals surface area contributed by atoms with E-state index in [1.165, 1.54) is 55.2 Å². The Kier molecular flexibility index (Phi) is 7.04. The van der Waals surface area contributed by atoms with Gasteiger partial charge in [-0.15, -0.1) is 6.58 Å². The van der Waals surface area contributed by atoms with Crippen molar-refractivity contribution >= 4 is 5.78 Å². The second kappa shape index (κ2) is 9.69. The summed E-state index contributed by atoms with van der Waals surface area (Å²) in [7, 11) is 0. The Balaban J connectivity index is 1.58. The average molecular weight is 361 g/mol. The number of benzene rings is 2. The van der Waals surface area contributed by atoms with E-state index in [1.807, 2.05) is 25.1 Å². The second-order valence-corrected chi connectivity index (χ2v) is 7.91. The van der Waals surface area contributed by atoms with Gasteiger partial charge >= 0.3 is 0 Å². The molecule has 1 nitrogen and oxygen atoms in total. The molecule has 0 atom stereocenters. The molecule has 0 N–H and O–H groups in total. The summed E-state index contributed by atoms with van der Waals surface area (Å²) < 4.78 is 0. The van der Waals surface area contributed by atoms with Crippen LogP contribution in [-0.2, 0) is 0 Å². The highest BCUT2D eigenvalue weighted by molar-refractivity contribution is 5.96. The SMILES string of the molecule is C=CCCCC1CCC(c2ccc(-c3ccc(C(=O)CC)cc3)cc2)CC1. The van der Waals surface area contributed by atoms with Crippen molar-refractivity contribution in [3.05, 3.63) is 72.3 Å². The fraction of sp³-hybridized carbons (Fsp3) is 0.423. The molecule has 27 heavy (non-hydrogen) atoms. The molecule has 0 saturated heterocycles. The van der Waals surface area contributed by atoms with E-state index in [9.17, 15) is 4.79 Å². The lowest BCUT2D eigenvalue weighted by Gasteiger charge is -2.29. The Labute approximate surface area is 164 Å². The van der Waals surface area contributed by atoms with Gasteiger partial charge in [0.2, 0.25) is 0 Å². The Morgan fingerprint density at radius 3 is 2.11 bits per heavy atom. The van der Waals surface area contributed by atoms with Crippen molar-refractivity contribution in [2.45, 2.75) is 64.2 Å². The molecule has 0 radical (unpaired) electrons. The first-order valence-corrected chi connectivity index (χ1v) is 10.6. The van der Waals surface area contributed by atoms with Crippen LogP contribution >= 0.6 is 0 Å². The molecule has 142 valence electrons. The normalized spacial score (nSPS) is 19.6. The first-order valence-electron chi connectivity index (χ1n) is 10.6. The molecule has 0 aliphatic heterocycles. The molecule has 0 heterocycles. The number of hydrogen-bond donors (Lipinski definition) is 0. The highest BCUT2D eigenvalue weighted by atomic mass is 16.1. The van der Waals surface area contributed by atoms with Gasteiger partial charge in [0.15, 0.2) is 5.78 Å². The lowest BCUT2D eigenvalue weighted by Crippen LogP contribution is -2.13. The zero-order chi connectivity index (χ0) is 19.1. The van der Waals surface area contributed by atoms with E-state index in [4.69, 9.17) is 0 Å². The summed E-state index contributed by atoms with van der Waals surface area (Å²) in [6.45, 7) is 5.73. The number of unbranched alkanes of at least 4 members (excludes halogenated alkanes) is 1. The molecule has 1 aliphatic carbocycles. The fourth-order valence-corrected chi connectivity index (χ4v) is 4.34. The predicted octanol–water partition coefficient (Wildman–Crippen LogP) is 7.58. The molecular formula is C26H32O. The average Bonchev–Trinajstić information content (AvgIpc) is 2.74. The molecule has 0 bridgehead atoms. The molecule has 1 heteroatoms. The minimum atomic E-state index is 0.206. The molecule has 1 fully saturated rings. The van der Waals surface area contributed by atoms with E-state index < -0.39 is 0 Å². The summed E-state index contributed by atoms with van der Waals surface area (Å²) >= 11 is 0. The number of carbonyl (C=O) groups is 1. The second-order valence-electron chi connectivity index (χ2n) is 7.91. The van der Waals surface area contributed by atoms with Gasteiger partial charge in [-0.25, -0.2) is 0 Å². The molecule has 3 rings (SSSR count). The Bertz CT molecular complexity index is 731. The number of carbonyl (C=O) groups excluding carboxylic acids is 1. The molecule has 0 unspecified atom stereocenters. The smallest absolute Gasteiger partial charge is 0.162 e. The van der Waals surface area contributed by atoms with Crippen LogP contribution in [0.1, 0.15) is 80.1 Å². The van der Waals surface area contributed by atoms with E-state index >= 15 is 0 Å². The minimum absolute atomic E-state index is 0.206. The molecule has 1 saturated carbocycles. The quantitative estimate of drug-likeness (QED) is 0.269. The molecule has 2 aromatic rings. The molecule has 0 amide bonds. The first-order chi connectivity index (χ1) is 13.2. The van der Waals surface area contributed by atoms with Gasteiger partial charge in [-0.3, -0.25) is 4.79 Å². The van der Waals surface area contributed by atoms with Crippen LogP contribution < -0.4 is 0 Å². The summed E-state index contributed by atoms with van der Waals surface area (Å²) in [5, 5.41) is 0. The van der Waals surface area contributed by atoms with Crippen molar-refractivity contribution < 1.29 is 4.79 Å². The van der Waals surface area contributed by atoms with Crippen LogP contribution in [0.15, 0.2) is 61.2 Å². The van der Waals surface area contributed by atoms with Gasteiger partial charge in [0, 0.05) is 12.0 Å². The summed E-state index contributed by atoms with van der Waals surface area (Å²) in [6.07, 6.45) is 11.8. The standard InChI is InChI=1S/C26H32O/c1-3-5-6-7-20-8-10-21(11-9-20)22-12-14-23(15-13-22)24-16-18-25(19-17-24)26(27)4-2/h3,12-21H,1,4-11H2,2H3. The van der Waals surface area contributed by atoms with Crippen LogP contribution in [-0.4, -0.2) is 5.78 Å². The van der Waals surface area contributed by atoms with Crippen LogP contribution in [0, 0.1) is 5.92 Å². The van der Waals surface area contributed by atoms with E-state index in [2.05, 4.69) is 43.0 Å². The Hall–Kier alpha value is -2.15. The third-order valence-corrected chi connectivity index (χ3v) is 6.11. The molecule has 1 aliphatic rings. The fourth-order valence-electron chi connectivity index (χ4n) is 4.34. The van der Waals surface area contributed by atoms with E-state index in [0.29, 0.717) is 6.42 Å². The Morgan fingerprint density at radius 1 is 0.963 bits per heavy atom. The minimum Gasteiger partial charge on any atom is -0.294 e. The van der Waals surface area contributed by atoms with Crippen LogP contribution in [0.2, 0.25) is 0 Å². The summed E-state index contributed by atoms with van der Waals surface area (Å²) in [4.78, 5) is 11.8. The zero-order valence-corrected chi connectivity index (χ0v) is 16.6. The summed E-state index contributed by atoms with van der Waals surface area (Å²) in [5.41, 5.74) is 4.70. The summed E-state index contributed by atoms with van der Waals surface area (Å²) in [5.74, 6) is 1.85. The third kappa shape index (κ3) is 5.19. The van der Waals surface area contributed by atoms with Crippen molar-refractivity contribution in [3.8, 4) is 11.1 Å². The van der Waals surface area contributed by atoms with Crippen molar-refractivity contribution in [2.24, 2.45) is 5.92 Å². The third-order valence-electron chi connectivity index (χ3n) is 6.11. The molecule has 0 aromatic heterocycles. The monoisotopic (exact) mass is 360 g/mol. The number of rotatable bonds is 8.